The molecule has 0 bridgehead atoms. The van der Waals surface area contributed by atoms with Crippen molar-refractivity contribution in [1.29, 1.82) is 0 Å². The predicted molar refractivity (Wildman–Crippen MR) is 112 cm³/mol. The van der Waals surface area contributed by atoms with Crippen LogP contribution in [0.2, 0.25) is 0 Å². The van der Waals surface area contributed by atoms with Gasteiger partial charge in [-0.05, 0) is 55.5 Å². The van der Waals surface area contributed by atoms with Crippen LogP contribution < -0.4 is 16.2 Å². The van der Waals surface area contributed by atoms with E-state index in [4.69, 9.17) is 0 Å². The lowest BCUT2D eigenvalue weighted by Gasteiger charge is -2.11. The van der Waals surface area contributed by atoms with Crippen LogP contribution in [0.4, 0.5) is 18.9 Å². The number of alkyl halides is 3. The van der Waals surface area contributed by atoms with Crippen LogP contribution in [-0.4, -0.2) is 17.7 Å². The van der Waals surface area contributed by atoms with E-state index in [0.29, 0.717) is 17.3 Å². The van der Waals surface area contributed by atoms with E-state index in [9.17, 15) is 27.6 Å². The Hall–Kier alpha value is -4.14. The maximum absolute atomic E-state index is 12.8. The van der Waals surface area contributed by atoms with Crippen molar-refractivity contribution in [3.8, 4) is 0 Å². The molecular formula is C23H18F3N3O3. The highest BCUT2D eigenvalue weighted by molar-refractivity contribution is 6.05. The predicted octanol–water partition coefficient (Wildman–Crippen LogP) is 4.34. The third-order valence-corrected chi connectivity index (χ3v) is 4.44. The molecule has 3 N–H and O–H groups in total. The molecule has 3 aromatic rings. The Morgan fingerprint density at radius 3 is 1.84 bits per heavy atom. The molecule has 32 heavy (non-hydrogen) atoms. The summed E-state index contributed by atoms with van der Waals surface area (Å²) in [4.78, 5) is 36.8. The van der Waals surface area contributed by atoms with Gasteiger partial charge >= 0.3 is 6.18 Å². The molecule has 3 rings (SSSR count). The quantitative estimate of drug-likeness (QED) is 0.527. The van der Waals surface area contributed by atoms with Crippen LogP contribution >= 0.6 is 0 Å². The van der Waals surface area contributed by atoms with Crippen LogP contribution in [0.15, 0.2) is 72.8 Å². The minimum atomic E-state index is -4.59. The molecule has 6 nitrogen and oxygen atoms in total. The average Bonchev–Trinajstić information content (AvgIpc) is 2.77. The van der Waals surface area contributed by atoms with E-state index in [-0.39, 0.29) is 17.0 Å². The van der Waals surface area contributed by atoms with E-state index in [0.717, 1.165) is 17.7 Å². The number of carbonyl (C=O) groups excluding carboxylic acids is 3. The maximum atomic E-state index is 12.8. The Morgan fingerprint density at radius 1 is 0.688 bits per heavy atom. The standard InChI is InChI=1S/C23H18F3N3O3/c1-14-8-10-15(11-9-14)20(30)27-19-7-3-5-17(13-19)22(32)29-28-21(31)16-4-2-6-18(12-16)23(24,25)26/h2-13H,1H3,(H,27,30)(H,28,31)(H,29,32). The van der Waals surface area contributed by atoms with Gasteiger partial charge in [-0.2, -0.15) is 13.2 Å². The normalized spacial score (nSPS) is 10.9. The van der Waals surface area contributed by atoms with Gasteiger partial charge in [0.25, 0.3) is 17.7 Å². The third-order valence-electron chi connectivity index (χ3n) is 4.44. The van der Waals surface area contributed by atoms with Gasteiger partial charge in [-0.1, -0.05) is 29.8 Å². The first-order valence-electron chi connectivity index (χ1n) is 9.39. The molecule has 0 aliphatic heterocycles. The molecule has 0 aliphatic carbocycles. The maximum Gasteiger partial charge on any atom is 0.416 e. The van der Waals surface area contributed by atoms with Gasteiger partial charge in [-0.15, -0.1) is 0 Å². The lowest BCUT2D eigenvalue weighted by molar-refractivity contribution is -0.137. The van der Waals surface area contributed by atoms with Crippen molar-refractivity contribution >= 4 is 23.4 Å². The lowest BCUT2D eigenvalue weighted by atomic mass is 10.1. The summed E-state index contributed by atoms with van der Waals surface area (Å²) in [5.74, 6) is -1.98. The van der Waals surface area contributed by atoms with Gasteiger partial charge < -0.3 is 5.32 Å². The first kappa shape index (κ1) is 22.5. The highest BCUT2D eigenvalue weighted by Crippen LogP contribution is 2.29. The van der Waals surface area contributed by atoms with Gasteiger partial charge in [0, 0.05) is 22.4 Å². The van der Waals surface area contributed by atoms with E-state index in [1.807, 2.05) is 6.92 Å². The van der Waals surface area contributed by atoms with Crippen molar-refractivity contribution in [2.75, 3.05) is 5.32 Å². The molecule has 0 saturated carbocycles. The van der Waals surface area contributed by atoms with Gasteiger partial charge in [0.1, 0.15) is 0 Å². The number of carbonyl (C=O) groups is 3. The molecule has 0 radical (unpaired) electrons. The Bertz CT molecular complexity index is 1160. The lowest BCUT2D eigenvalue weighted by Crippen LogP contribution is -2.41. The van der Waals surface area contributed by atoms with Gasteiger partial charge in [0.2, 0.25) is 0 Å². The number of hydrogen-bond donors (Lipinski definition) is 3. The summed E-state index contributed by atoms with van der Waals surface area (Å²) in [6, 6.07) is 16.7. The molecule has 0 fully saturated rings. The molecule has 0 atom stereocenters. The Morgan fingerprint density at radius 2 is 1.25 bits per heavy atom. The monoisotopic (exact) mass is 441 g/mol. The Balaban J connectivity index is 1.63. The molecule has 0 saturated heterocycles. The second-order valence-corrected chi connectivity index (χ2v) is 6.89. The minimum Gasteiger partial charge on any atom is -0.322 e. The minimum absolute atomic E-state index is 0.121. The van der Waals surface area contributed by atoms with Gasteiger partial charge in [0.05, 0.1) is 5.56 Å². The number of hydrogen-bond acceptors (Lipinski definition) is 3. The fourth-order valence-corrected chi connectivity index (χ4v) is 2.74. The van der Waals surface area contributed by atoms with Crippen LogP contribution in [0, 0.1) is 6.92 Å². The number of halogens is 3. The number of rotatable bonds is 4. The smallest absolute Gasteiger partial charge is 0.322 e. The number of aryl methyl sites for hydroxylation is 1. The van der Waals surface area contributed by atoms with Crippen LogP contribution in [-0.2, 0) is 6.18 Å². The van der Waals surface area contributed by atoms with E-state index < -0.39 is 23.6 Å². The summed E-state index contributed by atoms with van der Waals surface area (Å²) in [6.45, 7) is 1.90. The topological polar surface area (TPSA) is 87.3 Å². The second kappa shape index (κ2) is 9.34. The zero-order valence-electron chi connectivity index (χ0n) is 16.8. The van der Waals surface area contributed by atoms with Gasteiger partial charge in [-0.3, -0.25) is 25.2 Å². The summed E-state index contributed by atoms with van der Waals surface area (Å²) >= 11 is 0. The molecule has 0 spiro atoms. The zero-order chi connectivity index (χ0) is 23.3. The van der Waals surface area contributed by atoms with Gasteiger partial charge in [0.15, 0.2) is 0 Å². The molecule has 0 heterocycles. The third kappa shape index (κ3) is 5.72. The molecule has 0 aliphatic rings. The highest BCUT2D eigenvalue weighted by atomic mass is 19.4. The van der Waals surface area contributed by atoms with Crippen LogP contribution in [0.5, 0.6) is 0 Å². The summed E-state index contributed by atoms with van der Waals surface area (Å²) < 4.78 is 38.4. The number of hydrazine groups is 1. The van der Waals surface area contributed by atoms with Crippen molar-refractivity contribution < 1.29 is 27.6 Å². The molecule has 9 heteroatoms. The van der Waals surface area contributed by atoms with E-state index in [2.05, 4.69) is 16.2 Å². The second-order valence-electron chi connectivity index (χ2n) is 6.89. The zero-order valence-corrected chi connectivity index (χ0v) is 16.8. The summed E-state index contributed by atoms with van der Waals surface area (Å²) in [5, 5.41) is 2.67. The fourth-order valence-electron chi connectivity index (χ4n) is 2.74. The average molecular weight is 441 g/mol. The van der Waals surface area contributed by atoms with E-state index in [1.165, 1.54) is 24.3 Å². The first-order valence-corrected chi connectivity index (χ1v) is 9.39. The van der Waals surface area contributed by atoms with Crippen LogP contribution in [0.1, 0.15) is 42.2 Å². The number of amides is 3. The van der Waals surface area contributed by atoms with Crippen molar-refractivity contribution in [1.82, 2.24) is 10.9 Å². The summed E-state index contributed by atoms with van der Waals surface area (Å²) in [7, 11) is 0. The molecule has 0 unspecified atom stereocenters. The van der Waals surface area contributed by atoms with Crippen LogP contribution in [0.3, 0.4) is 0 Å². The van der Waals surface area contributed by atoms with Crippen molar-refractivity contribution in [2.45, 2.75) is 13.1 Å². The number of nitrogens with one attached hydrogen (secondary N) is 3. The summed E-state index contributed by atoms with van der Waals surface area (Å²) in [5.41, 5.74) is 4.90. The SMILES string of the molecule is Cc1ccc(C(=O)Nc2cccc(C(=O)NNC(=O)c3cccc(C(F)(F)F)c3)c2)cc1. The highest BCUT2D eigenvalue weighted by Gasteiger charge is 2.30. The number of benzene rings is 3. The number of anilines is 1. The summed E-state index contributed by atoms with van der Waals surface area (Å²) in [6.07, 6.45) is -4.59. The van der Waals surface area contributed by atoms with Crippen LogP contribution in [0.25, 0.3) is 0 Å². The molecule has 164 valence electrons. The van der Waals surface area contributed by atoms with Crippen molar-refractivity contribution in [2.24, 2.45) is 0 Å². The Kier molecular flexibility index (Phi) is 6.58. The van der Waals surface area contributed by atoms with E-state index >= 15 is 0 Å². The van der Waals surface area contributed by atoms with E-state index in [1.54, 1.807) is 30.3 Å². The molecule has 0 aromatic heterocycles. The molecule has 3 amide bonds. The van der Waals surface area contributed by atoms with Gasteiger partial charge in [-0.25, -0.2) is 0 Å². The largest absolute Gasteiger partial charge is 0.416 e. The molecule has 3 aromatic carbocycles. The van der Waals surface area contributed by atoms with Crippen molar-refractivity contribution in [3.63, 3.8) is 0 Å². The molecular weight excluding hydrogens is 423 g/mol. The Labute approximate surface area is 181 Å². The van der Waals surface area contributed by atoms with Crippen molar-refractivity contribution in [3.05, 3.63) is 101 Å². The first-order chi connectivity index (χ1) is 15.1. The fraction of sp³-hybridized carbons (Fsp3) is 0.0870.